The number of likely N-dealkylation sites (tertiary alicyclic amines) is 1. The van der Waals surface area contributed by atoms with Gasteiger partial charge in [-0.05, 0) is 79.8 Å². The Labute approximate surface area is 252 Å². The number of rotatable bonds is 8. The lowest BCUT2D eigenvalue weighted by Crippen LogP contribution is -2.75. The molecule has 3 aliphatic carbocycles. The molecule has 0 radical (unpaired) electrons. The Balaban J connectivity index is 1.19. The molecular weight excluding hydrogens is 536 g/mol. The predicted octanol–water partition coefficient (Wildman–Crippen LogP) is 5.54. The van der Waals surface area contributed by atoms with E-state index in [9.17, 15) is 5.11 Å². The van der Waals surface area contributed by atoms with Crippen LogP contribution in [-0.2, 0) is 36.5 Å². The second-order valence-corrected chi connectivity index (χ2v) is 13.5. The molecule has 220 valence electrons. The molecule has 4 atom stereocenters. The molecule has 1 saturated carbocycles. The summed E-state index contributed by atoms with van der Waals surface area (Å²) in [7, 11) is 1.95. The zero-order valence-corrected chi connectivity index (χ0v) is 24.7. The number of piperidine rings is 1. The largest absolute Gasteiger partial charge is 0.504 e. The third-order valence-electron chi connectivity index (χ3n) is 11.0. The Morgan fingerprint density at radius 2 is 1.95 bits per heavy atom. The summed E-state index contributed by atoms with van der Waals surface area (Å²) in [4.78, 5) is 7.88. The van der Waals surface area contributed by atoms with E-state index in [-0.39, 0.29) is 23.3 Å². The van der Waals surface area contributed by atoms with Crippen molar-refractivity contribution in [3.8, 4) is 22.6 Å². The van der Waals surface area contributed by atoms with E-state index >= 15 is 0 Å². The smallest absolute Gasteiger partial charge is 0.166 e. The molecular formula is C36H38N4O3. The number of fused-ring (bicyclic) bond motifs is 2. The van der Waals surface area contributed by atoms with Crippen LogP contribution in [0.2, 0.25) is 0 Å². The van der Waals surface area contributed by atoms with Crippen LogP contribution in [-0.4, -0.2) is 56.1 Å². The van der Waals surface area contributed by atoms with E-state index in [4.69, 9.17) is 14.5 Å². The van der Waals surface area contributed by atoms with Gasteiger partial charge in [-0.3, -0.25) is 14.6 Å². The third kappa shape index (κ3) is 3.74. The average Bonchev–Trinajstić information content (AvgIpc) is 3.61. The number of phenols is 1. The summed E-state index contributed by atoms with van der Waals surface area (Å²) in [6.07, 6.45) is 12.9. The summed E-state index contributed by atoms with van der Waals surface area (Å²) in [5, 5.41) is 15.6. The molecule has 1 saturated heterocycles. The van der Waals surface area contributed by atoms with Gasteiger partial charge < -0.3 is 14.6 Å². The van der Waals surface area contributed by atoms with Gasteiger partial charge in [0.15, 0.2) is 17.6 Å². The van der Waals surface area contributed by atoms with Gasteiger partial charge in [0.25, 0.3) is 0 Å². The van der Waals surface area contributed by atoms with Gasteiger partial charge in [-0.25, -0.2) is 0 Å². The van der Waals surface area contributed by atoms with Crippen LogP contribution in [0.5, 0.6) is 11.5 Å². The average molecular weight is 575 g/mol. The van der Waals surface area contributed by atoms with Crippen LogP contribution in [0, 0.1) is 5.92 Å². The molecule has 2 bridgehead atoms. The van der Waals surface area contributed by atoms with Crippen LogP contribution >= 0.6 is 0 Å². The molecule has 1 spiro atoms. The van der Waals surface area contributed by atoms with Gasteiger partial charge in [-0.15, -0.1) is 0 Å². The lowest BCUT2D eigenvalue weighted by molar-refractivity contribution is -0.205. The predicted molar refractivity (Wildman–Crippen MR) is 163 cm³/mol. The van der Waals surface area contributed by atoms with Gasteiger partial charge >= 0.3 is 0 Å². The number of nitrogens with zero attached hydrogens (tertiary/aromatic N) is 4. The summed E-state index contributed by atoms with van der Waals surface area (Å²) >= 11 is 0. The number of pyridine rings is 1. The van der Waals surface area contributed by atoms with Gasteiger partial charge in [0.05, 0.1) is 17.3 Å². The van der Waals surface area contributed by atoms with E-state index in [0.717, 1.165) is 67.9 Å². The first-order valence-corrected chi connectivity index (χ1v) is 16.0. The van der Waals surface area contributed by atoms with Crippen molar-refractivity contribution >= 4 is 0 Å². The highest BCUT2D eigenvalue weighted by atomic mass is 16.5. The summed E-state index contributed by atoms with van der Waals surface area (Å²) in [6.45, 7) is 2.85. The van der Waals surface area contributed by atoms with E-state index < -0.39 is 5.60 Å². The van der Waals surface area contributed by atoms with Crippen molar-refractivity contribution in [1.29, 1.82) is 0 Å². The zero-order chi connectivity index (χ0) is 28.8. The number of hydrogen-bond donors (Lipinski definition) is 1. The first-order chi connectivity index (χ1) is 21.1. The molecule has 7 nitrogen and oxygen atoms in total. The number of phenolic OH excluding ortho intramolecular Hbond substituents is 1. The summed E-state index contributed by atoms with van der Waals surface area (Å²) in [5.74, 6) is 1.68. The van der Waals surface area contributed by atoms with Crippen molar-refractivity contribution in [3.63, 3.8) is 0 Å². The van der Waals surface area contributed by atoms with Crippen LogP contribution in [0.25, 0.3) is 11.1 Å². The second-order valence-electron chi connectivity index (χ2n) is 13.5. The second kappa shape index (κ2) is 9.41. The van der Waals surface area contributed by atoms with Crippen molar-refractivity contribution in [3.05, 3.63) is 95.1 Å². The SMILES string of the molecule is Cn1cc(-c2cnc3c(c2)C[C@@]2(OCCCc4ccccc4)[C@H]4Cc5ccc(O)c6c5[C@@]2(CCN4CC2CC2)[C@H]3O6)cn1. The summed E-state index contributed by atoms with van der Waals surface area (Å²) < 4.78 is 16.2. The van der Waals surface area contributed by atoms with Crippen molar-refractivity contribution in [2.24, 2.45) is 13.0 Å². The van der Waals surface area contributed by atoms with Crippen LogP contribution in [0.15, 0.2) is 67.1 Å². The van der Waals surface area contributed by atoms with Gasteiger partial charge in [-0.2, -0.15) is 5.10 Å². The highest BCUT2D eigenvalue weighted by molar-refractivity contribution is 5.67. The number of hydrogen-bond acceptors (Lipinski definition) is 6. The monoisotopic (exact) mass is 574 g/mol. The first kappa shape index (κ1) is 25.8. The highest BCUT2D eigenvalue weighted by Gasteiger charge is 2.73. The Morgan fingerprint density at radius 3 is 2.77 bits per heavy atom. The lowest BCUT2D eigenvalue weighted by atomic mass is 9.48. The first-order valence-electron chi connectivity index (χ1n) is 16.0. The summed E-state index contributed by atoms with van der Waals surface area (Å²) in [5.41, 5.74) is 7.29. The Bertz CT molecular complexity index is 1710. The van der Waals surface area contributed by atoms with Gasteiger partial charge in [0.2, 0.25) is 0 Å². The molecule has 7 heteroatoms. The number of aromatic nitrogens is 3. The topological polar surface area (TPSA) is 72.6 Å². The fourth-order valence-corrected chi connectivity index (χ4v) is 8.99. The van der Waals surface area contributed by atoms with E-state index in [2.05, 4.69) is 52.5 Å². The zero-order valence-electron chi connectivity index (χ0n) is 24.7. The molecule has 4 heterocycles. The quantitative estimate of drug-likeness (QED) is 0.279. The van der Waals surface area contributed by atoms with Gasteiger partial charge in [-0.1, -0.05) is 36.4 Å². The third-order valence-corrected chi connectivity index (χ3v) is 11.0. The molecule has 0 unspecified atom stereocenters. The Morgan fingerprint density at radius 1 is 1.07 bits per heavy atom. The normalized spacial score (nSPS) is 28.3. The minimum atomic E-state index is -0.476. The fourth-order valence-electron chi connectivity index (χ4n) is 8.99. The standard InChI is InChI=1S/C36H38N4O3/c1-39-22-28(20-38-39)27-16-26-18-36(42-15-5-8-23-6-3-2-4-7-23)30-17-25-11-12-29(41)33-31(25)35(36,34(43-33)32(26)37-19-27)13-14-40(30)21-24-9-10-24/h2-4,6-7,11-12,16,19-20,22,24,30,34,41H,5,8-10,13-15,17-18,21H2,1H3/t30-,34+,35+,36-/m1/s1. The van der Waals surface area contributed by atoms with Crippen molar-refractivity contribution in [2.45, 2.75) is 68.1 Å². The maximum absolute atomic E-state index is 11.1. The van der Waals surface area contributed by atoms with Crippen molar-refractivity contribution in [1.82, 2.24) is 19.7 Å². The number of benzene rings is 2. The molecule has 2 aromatic heterocycles. The highest BCUT2D eigenvalue weighted by Crippen LogP contribution is 2.69. The van der Waals surface area contributed by atoms with Crippen LogP contribution in [0.3, 0.4) is 0 Å². The van der Waals surface area contributed by atoms with Crippen LogP contribution in [0.1, 0.15) is 59.7 Å². The maximum atomic E-state index is 11.1. The van der Waals surface area contributed by atoms with E-state index in [1.165, 1.54) is 35.1 Å². The molecule has 2 aliphatic heterocycles. The minimum absolute atomic E-state index is 0.230. The molecule has 5 aliphatic rings. The van der Waals surface area contributed by atoms with Gasteiger partial charge in [0, 0.05) is 61.7 Å². The van der Waals surface area contributed by atoms with Crippen LogP contribution < -0.4 is 4.74 Å². The summed E-state index contributed by atoms with van der Waals surface area (Å²) in [6, 6.07) is 17.2. The molecule has 0 amide bonds. The fraction of sp³-hybridized carbons (Fsp3) is 0.444. The molecule has 2 fully saturated rings. The maximum Gasteiger partial charge on any atom is 0.166 e. The Kier molecular flexibility index (Phi) is 5.64. The molecule has 1 N–H and O–H groups in total. The van der Waals surface area contributed by atoms with E-state index in [1.54, 1.807) is 0 Å². The number of aryl methyl sites for hydroxylation is 2. The van der Waals surface area contributed by atoms with Crippen LogP contribution in [0.4, 0.5) is 0 Å². The number of ether oxygens (including phenoxy) is 2. The van der Waals surface area contributed by atoms with E-state index in [0.29, 0.717) is 12.4 Å². The lowest BCUT2D eigenvalue weighted by Gasteiger charge is -2.64. The minimum Gasteiger partial charge on any atom is -0.504 e. The molecule has 43 heavy (non-hydrogen) atoms. The van der Waals surface area contributed by atoms with Crippen molar-refractivity contribution < 1.29 is 14.6 Å². The van der Waals surface area contributed by atoms with Crippen molar-refractivity contribution in [2.75, 3.05) is 19.7 Å². The Hall–Kier alpha value is -3.68. The molecule has 4 aromatic rings. The molecule has 9 rings (SSSR count). The van der Waals surface area contributed by atoms with Gasteiger partial charge in [0.1, 0.15) is 5.60 Å². The molecule has 2 aromatic carbocycles. The van der Waals surface area contributed by atoms with E-state index in [1.807, 2.05) is 36.4 Å². The number of aromatic hydroxyl groups is 1.